The van der Waals surface area contributed by atoms with Crippen molar-refractivity contribution in [1.82, 2.24) is 10.2 Å². The highest BCUT2D eigenvalue weighted by Gasteiger charge is 2.42. The third kappa shape index (κ3) is 3.44. The molecule has 1 aromatic rings. The monoisotopic (exact) mass is 290 g/mol. The van der Waals surface area contributed by atoms with E-state index in [1.165, 1.54) is 19.3 Å². The van der Waals surface area contributed by atoms with Gasteiger partial charge in [-0.15, -0.1) is 0 Å². The molecule has 4 heteroatoms. The standard InChI is InChI=1S/C17H26N2O2/c1-3-12-18-17(16(20)21,14-8-5-4-6-9-14)13-19(2)15-10-7-11-15/h4-6,8-9,15,18H,3,7,10-13H2,1-2H3,(H,20,21). The summed E-state index contributed by atoms with van der Waals surface area (Å²) < 4.78 is 0. The largest absolute Gasteiger partial charge is 0.480 e. The number of hydrogen-bond acceptors (Lipinski definition) is 3. The molecule has 1 aliphatic rings. The van der Waals surface area contributed by atoms with Crippen molar-refractivity contribution in [3.63, 3.8) is 0 Å². The van der Waals surface area contributed by atoms with Gasteiger partial charge in [0, 0.05) is 12.6 Å². The predicted molar refractivity (Wildman–Crippen MR) is 84.3 cm³/mol. The van der Waals surface area contributed by atoms with Gasteiger partial charge in [-0.3, -0.25) is 5.32 Å². The highest BCUT2D eigenvalue weighted by Crippen LogP contribution is 2.29. The number of carboxylic acid groups (broad SMARTS) is 1. The molecule has 0 heterocycles. The normalized spacial score (nSPS) is 18.2. The third-order valence-corrected chi connectivity index (χ3v) is 4.49. The number of nitrogens with one attached hydrogen (secondary N) is 1. The minimum absolute atomic E-state index is 0.497. The molecule has 21 heavy (non-hydrogen) atoms. The fourth-order valence-electron chi connectivity index (χ4n) is 2.91. The van der Waals surface area contributed by atoms with E-state index in [9.17, 15) is 9.90 Å². The number of benzene rings is 1. The molecular weight excluding hydrogens is 264 g/mol. The minimum atomic E-state index is -1.03. The lowest BCUT2D eigenvalue weighted by Crippen LogP contribution is -2.58. The van der Waals surface area contributed by atoms with E-state index in [4.69, 9.17) is 0 Å². The van der Waals surface area contributed by atoms with Gasteiger partial charge >= 0.3 is 5.97 Å². The second kappa shape index (κ2) is 7.05. The van der Waals surface area contributed by atoms with Gasteiger partial charge in [0.05, 0.1) is 0 Å². The van der Waals surface area contributed by atoms with Crippen molar-refractivity contribution in [3.05, 3.63) is 35.9 Å². The number of carboxylic acids is 1. The fraction of sp³-hybridized carbons (Fsp3) is 0.588. The molecular formula is C17H26N2O2. The van der Waals surface area contributed by atoms with Crippen LogP contribution in [0.2, 0.25) is 0 Å². The van der Waals surface area contributed by atoms with E-state index in [1.54, 1.807) is 0 Å². The Morgan fingerprint density at radius 2 is 2.05 bits per heavy atom. The Labute approximate surface area is 127 Å². The molecule has 1 atom stereocenters. The van der Waals surface area contributed by atoms with Crippen molar-refractivity contribution in [2.45, 2.75) is 44.2 Å². The SMILES string of the molecule is CCCNC(CN(C)C1CCC1)(C(=O)O)c1ccccc1. The third-order valence-electron chi connectivity index (χ3n) is 4.49. The van der Waals surface area contributed by atoms with Gasteiger partial charge in [0.2, 0.25) is 0 Å². The molecule has 1 fully saturated rings. The van der Waals surface area contributed by atoms with E-state index in [1.807, 2.05) is 37.4 Å². The second-order valence-electron chi connectivity index (χ2n) is 6.00. The van der Waals surface area contributed by atoms with Crippen LogP contribution >= 0.6 is 0 Å². The maximum absolute atomic E-state index is 12.1. The fourth-order valence-corrected chi connectivity index (χ4v) is 2.91. The Morgan fingerprint density at radius 1 is 1.38 bits per heavy atom. The number of hydrogen-bond donors (Lipinski definition) is 2. The minimum Gasteiger partial charge on any atom is -0.480 e. The van der Waals surface area contributed by atoms with Crippen molar-refractivity contribution in [2.24, 2.45) is 0 Å². The topological polar surface area (TPSA) is 52.6 Å². The first kappa shape index (κ1) is 16.0. The summed E-state index contributed by atoms with van der Waals surface area (Å²) in [4.78, 5) is 14.3. The maximum atomic E-state index is 12.1. The van der Waals surface area contributed by atoms with Crippen LogP contribution in [0.3, 0.4) is 0 Å². The summed E-state index contributed by atoms with van der Waals surface area (Å²) in [7, 11) is 2.04. The van der Waals surface area contributed by atoms with E-state index in [0.717, 1.165) is 12.0 Å². The summed E-state index contributed by atoms with van der Waals surface area (Å²) in [5.74, 6) is -0.798. The first-order valence-corrected chi connectivity index (χ1v) is 7.84. The van der Waals surface area contributed by atoms with Crippen LogP contribution in [-0.2, 0) is 10.3 Å². The quantitative estimate of drug-likeness (QED) is 0.772. The number of nitrogens with zero attached hydrogens (tertiary/aromatic N) is 1. The van der Waals surface area contributed by atoms with E-state index in [2.05, 4.69) is 17.1 Å². The summed E-state index contributed by atoms with van der Waals surface area (Å²) in [6, 6.07) is 10.1. The van der Waals surface area contributed by atoms with E-state index >= 15 is 0 Å². The molecule has 2 rings (SSSR count). The molecule has 0 saturated heterocycles. The van der Waals surface area contributed by atoms with Gasteiger partial charge in [-0.1, -0.05) is 43.7 Å². The highest BCUT2D eigenvalue weighted by molar-refractivity contribution is 5.81. The van der Waals surface area contributed by atoms with E-state index in [0.29, 0.717) is 19.1 Å². The molecule has 0 radical (unpaired) electrons. The van der Waals surface area contributed by atoms with Gasteiger partial charge in [0.25, 0.3) is 0 Å². The lowest BCUT2D eigenvalue weighted by atomic mass is 9.86. The van der Waals surface area contributed by atoms with Crippen molar-refractivity contribution in [2.75, 3.05) is 20.1 Å². The number of aliphatic carboxylic acids is 1. The van der Waals surface area contributed by atoms with Crippen LogP contribution in [0, 0.1) is 0 Å². The Balaban J connectivity index is 2.28. The molecule has 0 bridgehead atoms. The van der Waals surface area contributed by atoms with Gasteiger partial charge in [0.15, 0.2) is 5.54 Å². The molecule has 1 saturated carbocycles. The Kier molecular flexibility index (Phi) is 5.37. The molecule has 1 aliphatic carbocycles. The summed E-state index contributed by atoms with van der Waals surface area (Å²) in [6.07, 6.45) is 4.52. The average Bonchev–Trinajstić information content (AvgIpc) is 2.42. The number of likely N-dealkylation sites (N-methyl/N-ethyl adjacent to an activating group) is 1. The van der Waals surface area contributed by atoms with Gasteiger partial charge < -0.3 is 10.0 Å². The zero-order valence-electron chi connectivity index (χ0n) is 13.0. The molecule has 1 aromatic carbocycles. The lowest BCUT2D eigenvalue weighted by Gasteiger charge is -2.41. The maximum Gasteiger partial charge on any atom is 0.329 e. The molecule has 2 N–H and O–H groups in total. The van der Waals surface area contributed by atoms with Crippen LogP contribution in [0.15, 0.2) is 30.3 Å². The molecule has 0 aromatic heterocycles. The number of rotatable bonds is 8. The van der Waals surface area contributed by atoms with Crippen LogP contribution in [0.25, 0.3) is 0 Å². The summed E-state index contributed by atoms with van der Waals surface area (Å²) in [6.45, 7) is 3.25. The molecule has 0 spiro atoms. The van der Waals surface area contributed by atoms with E-state index < -0.39 is 11.5 Å². The van der Waals surface area contributed by atoms with Gasteiger partial charge in [0.1, 0.15) is 0 Å². The van der Waals surface area contributed by atoms with Crippen molar-refractivity contribution < 1.29 is 9.90 Å². The highest BCUT2D eigenvalue weighted by atomic mass is 16.4. The van der Waals surface area contributed by atoms with Crippen LogP contribution < -0.4 is 5.32 Å². The Hall–Kier alpha value is -1.39. The van der Waals surface area contributed by atoms with Gasteiger partial charge in [-0.25, -0.2) is 4.79 Å². The second-order valence-corrected chi connectivity index (χ2v) is 6.00. The Morgan fingerprint density at radius 3 is 2.52 bits per heavy atom. The lowest BCUT2D eigenvalue weighted by molar-refractivity contribution is -0.146. The first-order valence-electron chi connectivity index (χ1n) is 7.84. The van der Waals surface area contributed by atoms with Crippen molar-refractivity contribution in [1.29, 1.82) is 0 Å². The Bertz CT molecular complexity index is 459. The van der Waals surface area contributed by atoms with Crippen LogP contribution in [-0.4, -0.2) is 42.2 Å². The molecule has 116 valence electrons. The molecule has 0 amide bonds. The summed E-state index contributed by atoms with van der Waals surface area (Å²) in [5, 5.41) is 13.2. The first-order chi connectivity index (χ1) is 10.1. The number of carbonyl (C=O) groups is 1. The average molecular weight is 290 g/mol. The zero-order chi connectivity index (χ0) is 15.3. The summed E-state index contributed by atoms with van der Waals surface area (Å²) in [5.41, 5.74) is -0.196. The molecule has 4 nitrogen and oxygen atoms in total. The zero-order valence-corrected chi connectivity index (χ0v) is 13.0. The van der Waals surface area contributed by atoms with E-state index in [-0.39, 0.29) is 0 Å². The molecule has 1 unspecified atom stereocenters. The van der Waals surface area contributed by atoms with Crippen LogP contribution in [0.4, 0.5) is 0 Å². The smallest absolute Gasteiger partial charge is 0.329 e. The van der Waals surface area contributed by atoms with Crippen molar-refractivity contribution in [3.8, 4) is 0 Å². The van der Waals surface area contributed by atoms with Crippen molar-refractivity contribution >= 4 is 5.97 Å². The molecule has 0 aliphatic heterocycles. The van der Waals surface area contributed by atoms with Gasteiger partial charge in [-0.05, 0) is 38.4 Å². The predicted octanol–water partition coefficient (Wildman–Crippen LogP) is 2.45. The van der Waals surface area contributed by atoms with Crippen LogP contribution in [0.1, 0.15) is 38.2 Å². The summed E-state index contributed by atoms with van der Waals surface area (Å²) >= 11 is 0. The van der Waals surface area contributed by atoms with Gasteiger partial charge in [-0.2, -0.15) is 0 Å². The van der Waals surface area contributed by atoms with Crippen LogP contribution in [0.5, 0.6) is 0 Å².